The molecule has 2 N–H and O–H groups in total. The molecule has 5 nitrogen and oxygen atoms in total. The number of rotatable bonds is 8. The van der Waals surface area contributed by atoms with Crippen LogP contribution in [-0.4, -0.2) is 47.5 Å². The third-order valence-electron chi connectivity index (χ3n) is 3.72. The van der Waals surface area contributed by atoms with E-state index < -0.39 is 0 Å². The molecule has 0 aliphatic heterocycles. The van der Waals surface area contributed by atoms with Gasteiger partial charge in [0.2, 0.25) is 0 Å². The zero-order valence-corrected chi connectivity index (χ0v) is 14.8. The second kappa shape index (κ2) is 7.54. The lowest BCUT2D eigenvalue weighted by molar-refractivity contribution is -0.0491. The molecule has 0 radical (unpaired) electrons. The lowest BCUT2D eigenvalue weighted by Gasteiger charge is -2.35. The summed E-state index contributed by atoms with van der Waals surface area (Å²) < 4.78 is 8.82. The van der Waals surface area contributed by atoms with Crippen molar-refractivity contribution in [2.45, 2.75) is 45.4 Å². The van der Waals surface area contributed by atoms with Crippen LogP contribution in [0.4, 0.5) is 0 Å². The summed E-state index contributed by atoms with van der Waals surface area (Å²) in [5, 5.41) is 4.42. The third-order valence-corrected chi connectivity index (χ3v) is 4.33. The van der Waals surface area contributed by atoms with E-state index in [4.69, 9.17) is 10.5 Å². The van der Waals surface area contributed by atoms with Crippen LogP contribution in [0.2, 0.25) is 0 Å². The van der Waals surface area contributed by atoms with Gasteiger partial charge in [0.1, 0.15) is 0 Å². The van der Waals surface area contributed by atoms with Gasteiger partial charge in [-0.1, -0.05) is 6.92 Å². The molecule has 1 rings (SSSR count). The van der Waals surface area contributed by atoms with Gasteiger partial charge in [0, 0.05) is 13.2 Å². The molecule has 0 saturated heterocycles. The summed E-state index contributed by atoms with van der Waals surface area (Å²) >= 11 is 3.57. The zero-order valence-electron chi connectivity index (χ0n) is 13.2. The average Bonchev–Trinajstić information content (AvgIpc) is 2.76. The van der Waals surface area contributed by atoms with Gasteiger partial charge in [0.25, 0.3) is 0 Å². The van der Waals surface area contributed by atoms with Crippen molar-refractivity contribution in [3.63, 3.8) is 0 Å². The van der Waals surface area contributed by atoms with Crippen molar-refractivity contribution in [3.05, 3.63) is 16.4 Å². The van der Waals surface area contributed by atoms with E-state index >= 15 is 0 Å². The minimum atomic E-state index is -0.382. The van der Waals surface area contributed by atoms with Crippen molar-refractivity contribution >= 4 is 15.9 Å². The van der Waals surface area contributed by atoms with E-state index in [0.717, 1.165) is 29.7 Å². The molecule has 0 saturated carbocycles. The fourth-order valence-electron chi connectivity index (χ4n) is 2.18. The largest absolute Gasteiger partial charge is 0.374 e. The van der Waals surface area contributed by atoms with Crippen LogP contribution in [0.1, 0.15) is 38.9 Å². The zero-order chi connectivity index (χ0) is 15.3. The van der Waals surface area contributed by atoms with E-state index in [2.05, 4.69) is 53.9 Å². The molecule has 116 valence electrons. The molecule has 0 fully saturated rings. The number of aromatic nitrogens is 2. The Bertz CT molecular complexity index is 421. The lowest BCUT2D eigenvalue weighted by atomic mass is 9.91. The van der Waals surface area contributed by atoms with Crippen molar-refractivity contribution in [2.75, 3.05) is 27.2 Å². The molecule has 0 spiro atoms. The van der Waals surface area contributed by atoms with Crippen LogP contribution in [0.5, 0.6) is 0 Å². The highest BCUT2D eigenvalue weighted by Crippen LogP contribution is 2.33. The van der Waals surface area contributed by atoms with Gasteiger partial charge in [-0.25, -0.2) is 0 Å². The standard InChI is InChI=1S/C14H27BrN4O/c1-6-14(3,20-7-2)13(16)12-11(15)10-17-19(12)9-8-18(4)5/h10,13H,6-9,16H2,1-5H3. The number of halogens is 1. The lowest BCUT2D eigenvalue weighted by Crippen LogP contribution is -2.42. The van der Waals surface area contributed by atoms with E-state index in [1.54, 1.807) is 0 Å². The quantitative estimate of drug-likeness (QED) is 0.785. The van der Waals surface area contributed by atoms with Crippen LogP contribution < -0.4 is 5.73 Å². The van der Waals surface area contributed by atoms with E-state index in [1.807, 2.05) is 17.8 Å². The maximum Gasteiger partial charge on any atom is 0.0859 e. The molecular weight excluding hydrogens is 320 g/mol. The minimum absolute atomic E-state index is 0.216. The number of nitrogens with two attached hydrogens (primary N) is 1. The third kappa shape index (κ3) is 4.04. The van der Waals surface area contributed by atoms with Gasteiger partial charge < -0.3 is 15.4 Å². The number of likely N-dealkylation sites (N-methyl/N-ethyl adjacent to an activating group) is 1. The fraction of sp³-hybridized carbons (Fsp3) is 0.786. The van der Waals surface area contributed by atoms with Crippen molar-refractivity contribution in [1.82, 2.24) is 14.7 Å². The Kier molecular flexibility index (Phi) is 6.64. The van der Waals surface area contributed by atoms with Crippen LogP contribution in [0.15, 0.2) is 10.7 Å². The Labute approximate surface area is 130 Å². The molecule has 1 aromatic rings. The van der Waals surface area contributed by atoms with Gasteiger partial charge >= 0.3 is 0 Å². The molecular formula is C14H27BrN4O. The van der Waals surface area contributed by atoms with E-state index in [9.17, 15) is 0 Å². The molecule has 2 unspecified atom stereocenters. The first-order valence-corrected chi connectivity index (χ1v) is 7.90. The summed E-state index contributed by atoms with van der Waals surface area (Å²) in [5.41, 5.74) is 7.12. The van der Waals surface area contributed by atoms with Gasteiger partial charge in [0.15, 0.2) is 0 Å². The molecule has 6 heteroatoms. The predicted octanol–water partition coefficient (Wildman–Crippen LogP) is 2.41. The highest BCUT2D eigenvalue weighted by atomic mass is 79.9. The van der Waals surface area contributed by atoms with Crippen molar-refractivity contribution < 1.29 is 4.74 Å². The Morgan fingerprint density at radius 2 is 2.15 bits per heavy atom. The monoisotopic (exact) mass is 346 g/mol. The molecule has 2 atom stereocenters. The van der Waals surface area contributed by atoms with Gasteiger partial charge in [0.05, 0.1) is 34.6 Å². The molecule has 0 aliphatic carbocycles. The highest BCUT2D eigenvalue weighted by molar-refractivity contribution is 9.10. The molecule has 0 aromatic carbocycles. The van der Waals surface area contributed by atoms with E-state index in [1.165, 1.54) is 0 Å². The predicted molar refractivity (Wildman–Crippen MR) is 85.7 cm³/mol. The SMILES string of the molecule is CCOC(C)(CC)C(N)c1c(Br)cnn1CCN(C)C. The van der Waals surface area contributed by atoms with Crippen molar-refractivity contribution in [2.24, 2.45) is 5.73 Å². The minimum Gasteiger partial charge on any atom is -0.374 e. The van der Waals surface area contributed by atoms with Crippen molar-refractivity contribution in [1.29, 1.82) is 0 Å². The fourth-order valence-corrected chi connectivity index (χ4v) is 2.73. The number of nitrogens with zero attached hydrogens (tertiary/aromatic N) is 3. The second-order valence-corrected chi connectivity index (χ2v) is 6.34. The summed E-state index contributed by atoms with van der Waals surface area (Å²) in [6.07, 6.45) is 2.67. The average molecular weight is 347 g/mol. The van der Waals surface area contributed by atoms with Gasteiger partial charge in [-0.2, -0.15) is 5.10 Å². The summed E-state index contributed by atoms with van der Waals surface area (Å²) in [7, 11) is 4.10. The summed E-state index contributed by atoms with van der Waals surface area (Å²) in [6.45, 7) is 8.56. The Morgan fingerprint density at radius 1 is 1.50 bits per heavy atom. The molecule has 1 aromatic heterocycles. The number of hydrogen-bond donors (Lipinski definition) is 1. The molecule has 1 heterocycles. The van der Waals surface area contributed by atoms with Crippen LogP contribution in [0, 0.1) is 0 Å². The van der Waals surface area contributed by atoms with E-state index in [0.29, 0.717) is 6.61 Å². The summed E-state index contributed by atoms with van der Waals surface area (Å²) in [4.78, 5) is 2.13. The van der Waals surface area contributed by atoms with Crippen molar-refractivity contribution in [3.8, 4) is 0 Å². The maximum absolute atomic E-state index is 6.49. The molecule has 0 aliphatic rings. The summed E-state index contributed by atoms with van der Waals surface area (Å²) in [5.74, 6) is 0. The summed E-state index contributed by atoms with van der Waals surface area (Å²) in [6, 6.07) is -0.216. The first kappa shape index (κ1) is 17.6. The van der Waals surface area contributed by atoms with Crippen LogP contribution in [0.3, 0.4) is 0 Å². The van der Waals surface area contributed by atoms with Crippen LogP contribution >= 0.6 is 15.9 Å². The highest BCUT2D eigenvalue weighted by Gasteiger charge is 2.35. The molecule has 0 amide bonds. The Balaban J connectivity index is 3.01. The van der Waals surface area contributed by atoms with Crippen LogP contribution in [-0.2, 0) is 11.3 Å². The van der Waals surface area contributed by atoms with Gasteiger partial charge in [-0.3, -0.25) is 4.68 Å². The topological polar surface area (TPSA) is 56.3 Å². The Hall–Kier alpha value is -0.430. The number of hydrogen-bond acceptors (Lipinski definition) is 4. The first-order chi connectivity index (χ1) is 9.35. The van der Waals surface area contributed by atoms with Gasteiger partial charge in [-0.15, -0.1) is 0 Å². The smallest absolute Gasteiger partial charge is 0.0859 e. The maximum atomic E-state index is 6.49. The molecule has 0 bridgehead atoms. The van der Waals surface area contributed by atoms with Gasteiger partial charge in [-0.05, 0) is 50.3 Å². The normalized spacial score (nSPS) is 16.4. The molecule has 20 heavy (non-hydrogen) atoms. The Morgan fingerprint density at radius 3 is 2.65 bits per heavy atom. The number of ether oxygens (including phenoxy) is 1. The van der Waals surface area contributed by atoms with E-state index in [-0.39, 0.29) is 11.6 Å². The first-order valence-electron chi connectivity index (χ1n) is 7.11. The second-order valence-electron chi connectivity index (χ2n) is 5.48. The van der Waals surface area contributed by atoms with Crippen LogP contribution in [0.25, 0.3) is 0 Å².